The predicted octanol–water partition coefficient (Wildman–Crippen LogP) is 5.86. The largest absolute Gasteiger partial charge is 0.481 e. The van der Waals surface area contributed by atoms with Gasteiger partial charge < -0.3 is 5.11 Å². The summed E-state index contributed by atoms with van der Waals surface area (Å²) in [7, 11) is 0. The van der Waals surface area contributed by atoms with Gasteiger partial charge in [-0.25, -0.2) is 0 Å². The van der Waals surface area contributed by atoms with Crippen molar-refractivity contribution >= 4 is 5.97 Å². The van der Waals surface area contributed by atoms with E-state index in [0.29, 0.717) is 12.8 Å². The Balaban J connectivity index is 1.68. The fourth-order valence-corrected chi connectivity index (χ4v) is 4.61. The fourth-order valence-electron chi connectivity index (χ4n) is 4.61. The number of carbonyl (C=O) groups is 1. The van der Waals surface area contributed by atoms with Crippen LogP contribution in [0.2, 0.25) is 0 Å². The number of carboxylic acids is 1. The van der Waals surface area contributed by atoms with Gasteiger partial charge in [0.1, 0.15) is 0 Å². The molecule has 154 valence electrons. The first-order valence-electron chi connectivity index (χ1n) is 10.7. The van der Waals surface area contributed by atoms with Gasteiger partial charge in [0.15, 0.2) is 0 Å². The molecule has 0 aromatic heterocycles. The van der Waals surface area contributed by atoms with E-state index in [1.54, 1.807) is 0 Å². The second-order valence-electron chi connectivity index (χ2n) is 8.40. The first-order valence-corrected chi connectivity index (χ1v) is 10.7. The first kappa shape index (κ1) is 20.4. The van der Waals surface area contributed by atoms with E-state index >= 15 is 0 Å². The second kappa shape index (κ2) is 8.85. The molecule has 0 radical (unpaired) electrons. The van der Waals surface area contributed by atoms with Crippen molar-refractivity contribution in [3.8, 4) is 11.1 Å². The Hall–Kier alpha value is -2.91. The summed E-state index contributed by atoms with van der Waals surface area (Å²) in [6, 6.07) is 26.1. The van der Waals surface area contributed by atoms with Crippen LogP contribution in [-0.2, 0) is 4.79 Å². The van der Waals surface area contributed by atoms with Crippen LogP contribution in [0.15, 0.2) is 72.8 Å². The summed E-state index contributed by atoms with van der Waals surface area (Å²) in [6.45, 7) is 5.90. The Bertz CT molecular complexity index is 1000. The van der Waals surface area contributed by atoms with Crippen molar-refractivity contribution in [2.45, 2.75) is 32.7 Å². The maximum atomic E-state index is 11.4. The van der Waals surface area contributed by atoms with Gasteiger partial charge in [0.25, 0.3) is 0 Å². The SMILES string of the molecule is Cc1ccc(C(c2ccc(-c3ccccc3)cc2)N2CCC(C(=O)O)CC2)c(C)c1. The first-order chi connectivity index (χ1) is 14.5. The average Bonchev–Trinajstić information content (AvgIpc) is 2.77. The normalized spacial score (nSPS) is 16.3. The highest BCUT2D eigenvalue weighted by Crippen LogP contribution is 2.35. The highest BCUT2D eigenvalue weighted by atomic mass is 16.4. The van der Waals surface area contributed by atoms with E-state index in [1.165, 1.54) is 33.4 Å². The van der Waals surface area contributed by atoms with Crippen molar-refractivity contribution in [2.24, 2.45) is 5.92 Å². The quantitative estimate of drug-likeness (QED) is 0.584. The molecule has 4 rings (SSSR count). The van der Waals surface area contributed by atoms with Gasteiger partial charge in [0.05, 0.1) is 12.0 Å². The van der Waals surface area contributed by atoms with E-state index in [1.807, 2.05) is 6.07 Å². The van der Waals surface area contributed by atoms with Gasteiger partial charge in [0, 0.05) is 0 Å². The van der Waals surface area contributed by atoms with E-state index in [0.717, 1.165) is 13.1 Å². The van der Waals surface area contributed by atoms with Crippen LogP contribution >= 0.6 is 0 Å². The molecule has 3 heteroatoms. The highest BCUT2D eigenvalue weighted by molar-refractivity contribution is 5.70. The van der Waals surface area contributed by atoms with Crippen LogP contribution in [0.4, 0.5) is 0 Å². The molecular weight excluding hydrogens is 370 g/mol. The molecule has 3 aromatic carbocycles. The topological polar surface area (TPSA) is 40.5 Å². The molecule has 1 fully saturated rings. The zero-order chi connectivity index (χ0) is 21.1. The number of carboxylic acid groups (broad SMARTS) is 1. The Morgan fingerprint density at radius 1 is 0.900 bits per heavy atom. The van der Waals surface area contributed by atoms with Crippen LogP contribution in [0.5, 0.6) is 0 Å². The summed E-state index contributed by atoms with van der Waals surface area (Å²) >= 11 is 0. The number of hydrogen-bond donors (Lipinski definition) is 1. The molecule has 0 spiro atoms. The van der Waals surface area contributed by atoms with Gasteiger partial charge in [0.2, 0.25) is 0 Å². The smallest absolute Gasteiger partial charge is 0.306 e. The maximum Gasteiger partial charge on any atom is 0.306 e. The number of piperidine rings is 1. The van der Waals surface area contributed by atoms with Crippen molar-refractivity contribution in [3.05, 3.63) is 95.1 Å². The number of aliphatic carboxylic acids is 1. The molecule has 3 aromatic rings. The molecule has 1 N–H and O–H groups in total. The average molecular weight is 400 g/mol. The summed E-state index contributed by atoms with van der Waals surface area (Å²) in [5, 5.41) is 9.39. The fraction of sp³-hybridized carbons (Fsp3) is 0.296. The van der Waals surface area contributed by atoms with E-state index in [4.69, 9.17) is 0 Å². The minimum Gasteiger partial charge on any atom is -0.481 e. The van der Waals surface area contributed by atoms with Crippen molar-refractivity contribution in [1.82, 2.24) is 4.90 Å². The maximum absolute atomic E-state index is 11.4. The predicted molar refractivity (Wildman–Crippen MR) is 122 cm³/mol. The summed E-state index contributed by atoms with van der Waals surface area (Å²) < 4.78 is 0. The standard InChI is InChI=1S/C27H29NO2/c1-19-8-13-25(20(2)18-19)26(28-16-14-24(15-17-28)27(29)30)23-11-9-22(10-12-23)21-6-4-3-5-7-21/h3-13,18,24,26H,14-17H2,1-2H3,(H,29,30). The zero-order valence-corrected chi connectivity index (χ0v) is 17.7. The van der Waals surface area contributed by atoms with Crippen LogP contribution in [0.3, 0.4) is 0 Å². The Morgan fingerprint density at radius 3 is 2.13 bits per heavy atom. The lowest BCUT2D eigenvalue weighted by Crippen LogP contribution is -2.39. The lowest BCUT2D eigenvalue weighted by Gasteiger charge is -2.38. The van der Waals surface area contributed by atoms with Crippen molar-refractivity contribution in [1.29, 1.82) is 0 Å². The van der Waals surface area contributed by atoms with Gasteiger partial charge in [-0.05, 0) is 67.6 Å². The third kappa shape index (κ3) is 4.31. The summed E-state index contributed by atoms with van der Waals surface area (Å²) in [6.07, 6.45) is 1.41. The van der Waals surface area contributed by atoms with Gasteiger partial charge in [-0.2, -0.15) is 0 Å². The summed E-state index contributed by atoms with van der Waals surface area (Å²) in [5.74, 6) is -0.883. The molecule has 0 bridgehead atoms. The highest BCUT2D eigenvalue weighted by Gasteiger charge is 2.30. The van der Waals surface area contributed by atoms with E-state index in [2.05, 4.69) is 85.5 Å². The number of nitrogens with zero attached hydrogens (tertiary/aromatic N) is 1. The second-order valence-corrected chi connectivity index (χ2v) is 8.40. The monoisotopic (exact) mass is 399 g/mol. The molecule has 0 aliphatic carbocycles. The minimum atomic E-state index is -0.662. The van der Waals surface area contributed by atoms with E-state index in [-0.39, 0.29) is 12.0 Å². The molecule has 1 aliphatic heterocycles. The lowest BCUT2D eigenvalue weighted by molar-refractivity contribution is -0.143. The van der Waals surface area contributed by atoms with Crippen molar-refractivity contribution in [3.63, 3.8) is 0 Å². The van der Waals surface area contributed by atoms with Crippen molar-refractivity contribution in [2.75, 3.05) is 13.1 Å². The Morgan fingerprint density at radius 2 is 1.53 bits per heavy atom. The zero-order valence-electron chi connectivity index (χ0n) is 17.7. The lowest BCUT2D eigenvalue weighted by atomic mass is 9.88. The molecular formula is C27H29NO2. The van der Waals surface area contributed by atoms with Gasteiger partial charge in [-0.3, -0.25) is 9.69 Å². The molecule has 0 amide bonds. The van der Waals surface area contributed by atoms with Gasteiger partial charge >= 0.3 is 5.97 Å². The number of rotatable bonds is 5. The third-order valence-corrected chi connectivity index (χ3v) is 6.30. The van der Waals surface area contributed by atoms with E-state index in [9.17, 15) is 9.90 Å². The molecule has 1 aliphatic rings. The molecule has 1 atom stereocenters. The van der Waals surface area contributed by atoms with Gasteiger partial charge in [-0.1, -0.05) is 78.4 Å². The van der Waals surface area contributed by atoms with Crippen molar-refractivity contribution < 1.29 is 9.90 Å². The summed E-state index contributed by atoms with van der Waals surface area (Å²) in [4.78, 5) is 13.9. The van der Waals surface area contributed by atoms with Crippen LogP contribution in [0.25, 0.3) is 11.1 Å². The minimum absolute atomic E-state index is 0.144. The summed E-state index contributed by atoms with van der Waals surface area (Å²) in [5.41, 5.74) is 7.54. The molecule has 0 saturated carbocycles. The third-order valence-electron chi connectivity index (χ3n) is 6.30. The number of benzene rings is 3. The van der Waals surface area contributed by atoms with E-state index < -0.39 is 5.97 Å². The number of likely N-dealkylation sites (tertiary alicyclic amines) is 1. The van der Waals surface area contributed by atoms with Crippen LogP contribution in [0, 0.1) is 19.8 Å². The van der Waals surface area contributed by atoms with Gasteiger partial charge in [-0.15, -0.1) is 0 Å². The number of aryl methyl sites for hydroxylation is 2. The van der Waals surface area contributed by atoms with Crippen LogP contribution < -0.4 is 0 Å². The van der Waals surface area contributed by atoms with Crippen LogP contribution in [0.1, 0.15) is 41.1 Å². The molecule has 3 nitrogen and oxygen atoms in total. The van der Waals surface area contributed by atoms with Crippen LogP contribution in [-0.4, -0.2) is 29.1 Å². The Labute approximate surface area is 179 Å². The number of hydrogen-bond acceptors (Lipinski definition) is 2. The Kier molecular flexibility index (Phi) is 6.01. The molecule has 1 unspecified atom stereocenters. The molecule has 1 heterocycles. The molecule has 30 heavy (non-hydrogen) atoms. The molecule has 1 saturated heterocycles.